The molecule has 2 rings (SSSR count). The van der Waals surface area contributed by atoms with Crippen LogP contribution in [0.25, 0.3) is 6.08 Å². The van der Waals surface area contributed by atoms with E-state index in [0.29, 0.717) is 17.7 Å². The molecular weight excluding hydrogens is 272 g/mol. The van der Waals surface area contributed by atoms with Crippen LogP contribution in [0.3, 0.4) is 0 Å². The van der Waals surface area contributed by atoms with E-state index in [2.05, 4.69) is 4.98 Å². The number of carboxylic acid groups (broad SMARTS) is 1. The first-order valence-corrected chi connectivity index (χ1v) is 6.90. The number of carbonyl (C=O) groups is 2. The number of amides is 1. The van der Waals surface area contributed by atoms with Gasteiger partial charge in [0.15, 0.2) is 0 Å². The van der Waals surface area contributed by atoms with E-state index in [0.717, 1.165) is 25.3 Å². The van der Waals surface area contributed by atoms with Crippen molar-refractivity contribution in [2.45, 2.75) is 25.3 Å². The minimum absolute atomic E-state index is 0.0584. The van der Waals surface area contributed by atoms with Gasteiger partial charge in [-0.3, -0.25) is 9.78 Å². The van der Waals surface area contributed by atoms with Gasteiger partial charge in [-0.05, 0) is 31.4 Å². The molecule has 1 atom stereocenters. The Hall–Kier alpha value is -2.21. The molecule has 2 N–H and O–H groups in total. The van der Waals surface area contributed by atoms with Crippen LogP contribution in [0, 0.1) is 0 Å². The third-order valence-corrected chi connectivity index (χ3v) is 3.59. The smallest absolute Gasteiger partial charge is 0.328 e. The summed E-state index contributed by atoms with van der Waals surface area (Å²) in [5.41, 5.74) is 0.870. The Morgan fingerprint density at radius 2 is 2.24 bits per heavy atom. The summed E-state index contributed by atoms with van der Waals surface area (Å²) in [5.74, 6) is -1.27. The van der Waals surface area contributed by atoms with Gasteiger partial charge in [-0.1, -0.05) is 0 Å². The zero-order valence-corrected chi connectivity index (χ0v) is 11.6. The number of aliphatic carboxylic acids is 1. The van der Waals surface area contributed by atoms with Crippen LogP contribution in [0.2, 0.25) is 0 Å². The monoisotopic (exact) mass is 290 g/mol. The van der Waals surface area contributed by atoms with E-state index in [1.165, 1.54) is 18.5 Å². The molecule has 0 bridgehead atoms. The summed E-state index contributed by atoms with van der Waals surface area (Å²) < 4.78 is 0. The fourth-order valence-corrected chi connectivity index (χ4v) is 2.51. The predicted molar refractivity (Wildman–Crippen MR) is 76.7 cm³/mol. The van der Waals surface area contributed by atoms with Gasteiger partial charge >= 0.3 is 5.97 Å². The van der Waals surface area contributed by atoms with E-state index >= 15 is 0 Å². The topological polar surface area (TPSA) is 90.7 Å². The second kappa shape index (κ2) is 6.99. The minimum atomic E-state index is -1.08. The van der Waals surface area contributed by atoms with Crippen molar-refractivity contribution in [1.82, 2.24) is 9.88 Å². The molecule has 1 saturated heterocycles. The van der Waals surface area contributed by atoms with Crippen molar-refractivity contribution in [1.29, 1.82) is 0 Å². The molecule has 1 aliphatic rings. The van der Waals surface area contributed by atoms with E-state index in [1.807, 2.05) is 0 Å². The van der Waals surface area contributed by atoms with Crippen molar-refractivity contribution in [3.8, 4) is 0 Å². The van der Waals surface area contributed by atoms with Crippen molar-refractivity contribution in [3.63, 3.8) is 0 Å². The summed E-state index contributed by atoms with van der Waals surface area (Å²) >= 11 is 0. The third-order valence-electron chi connectivity index (χ3n) is 3.59. The first-order chi connectivity index (χ1) is 10.1. The molecule has 0 aliphatic carbocycles. The van der Waals surface area contributed by atoms with E-state index in [1.54, 1.807) is 11.0 Å². The lowest BCUT2D eigenvalue weighted by Gasteiger charge is -2.35. The molecule has 0 spiro atoms. The number of hydrogen-bond donors (Lipinski definition) is 2. The Kier molecular flexibility index (Phi) is 5.05. The molecule has 2 heterocycles. The van der Waals surface area contributed by atoms with Crippen LogP contribution in [-0.2, 0) is 4.79 Å². The zero-order chi connectivity index (χ0) is 15.2. The Labute approximate surface area is 122 Å². The molecule has 21 heavy (non-hydrogen) atoms. The maximum Gasteiger partial charge on any atom is 0.328 e. The highest BCUT2D eigenvalue weighted by atomic mass is 16.4. The molecule has 1 fully saturated rings. The maximum atomic E-state index is 12.6. The molecule has 1 unspecified atom stereocenters. The number of piperidine rings is 1. The highest BCUT2D eigenvalue weighted by molar-refractivity contribution is 5.99. The summed E-state index contributed by atoms with van der Waals surface area (Å²) in [6.45, 7) is 0.547. The van der Waals surface area contributed by atoms with Crippen LogP contribution in [0.1, 0.15) is 35.2 Å². The first-order valence-electron chi connectivity index (χ1n) is 6.90. The van der Waals surface area contributed by atoms with Gasteiger partial charge in [0.2, 0.25) is 0 Å². The fraction of sp³-hybridized carbons (Fsp3) is 0.400. The minimum Gasteiger partial charge on any atom is -0.478 e. The molecule has 6 nitrogen and oxygen atoms in total. The van der Waals surface area contributed by atoms with Gasteiger partial charge in [-0.15, -0.1) is 0 Å². The van der Waals surface area contributed by atoms with Crippen LogP contribution in [0.4, 0.5) is 0 Å². The number of rotatable bonds is 4. The average Bonchev–Trinajstić information content (AvgIpc) is 2.52. The van der Waals surface area contributed by atoms with Crippen LogP contribution >= 0.6 is 0 Å². The van der Waals surface area contributed by atoms with Gasteiger partial charge in [0.1, 0.15) is 0 Å². The largest absolute Gasteiger partial charge is 0.478 e. The Morgan fingerprint density at radius 3 is 2.95 bits per heavy atom. The number of hydrogen-bond acceptors (Lipinski definition) is 4. The maximum absolute atomic E-state index is 12.6. The number of aliphatic hydroxyl groups excluding tert-OH is 1. The second-order valence-electron chi connectivity index (χ2n) is 4.97. The predicted octanol–water partition coefficient (Wildman–Crippen LogP) is 1.17. The van der Waals surface area contributed by atoms with Crippen LogP contribution < -0.4 is 0 Å². The quantitative estimate of drug-likeness (QED) is 0.812. The molecule has 1 aromatic rings. The fourth-order valence-electron chi connectivity index (χ4n) is 2.51. The summed E-state index contributed by atoms with van der Waals surface area (Å²) in [4.78, 5) is 28.8. The molecule has 1 amide bonds. The van der Waals surface area contributed by atoms with Gasteiger partial charge in [0.25, 0.3) is 5.91 Å². The van der Waals surface area contributed by atoms with Crippen molar-refractivity contribution in [3.05, 3.63) is 35.7 Å². The number of carbonyl (C=O) groups excluding carboxylic acids is 1. The van der Waals surface area contributed by atoms with E-state index in [9.17, 15) is 14.7 Å². The van der Waals surface area contributed by atoms with Gasteiger partial charge in [0.05, 0.1) is 12.6 Å². The highest BCUT2D eigenvalue weighted by Crippen LogP contribution is 2.21. The van der Waals surface area contributed by atoms with Crippen molar-refractivity contribution < 1.29 is 19.8 Å². The Bertz CT molecular complexity index is 556. The standard InChI is InChI=1S/C15H18N2O4/c18-10-12-3-1-2-8-17(12)15(21)13-6-7-16-9-11(13)4-5-14(19)20/h4-7,9,12,18H,1-3,8,10H2,(H,19,20). The lowest BCUT2D eigenvalue weighted by Crippen LogP contribution is -2.45. The lowest BCUT2D eigenvalue weighted by molar-refractivity contribution is -0.131. The van der Waals surface area contributed by atoms with Crippen molar-refractivity contribution >= 4 is 18.0 Å². The first kappa shape index (κ1) is 15.2. The number of aromatic nitrogens is 1. The highest BCUT2D eigenvalue weighted by Gasteiger charge is 2.27. The van der Waals surface area contributed by atoms with E-state index in [-0.39, 0.29) is 18.6 Å². The van der Waals surface area contributed by atoms with Crippen molar-refractivity contribution in [2.24, 2.45) is 0 Å². The molecule has 0 saturated carbocycles. The molecule has 6 heteroatoms. The SMILES string of the molecule is O=C(O)C=Cc1cnccc1C(=O)N1CCCCC1CO. The normalized spacial score (nSPS) is 18.9. The van der Waals surface area contributed by atoms with Crippen LogP contribution in [0.15, 0.2) is 24.5 Å². The van der Waals surface area contributed by atoms with Gasteiger partial charge in [-0.2, -0.15) is 0 Å². The third kappa shape index (κ3) is 3.66. The van der Waals surface area contributed by atoms with Gasteiger partial charge < -0.3 is 15.1 Å². The van der Waals surface area contributed by atoms with Gasteiger partial charge in [0, 0.05) is 36.1 Å². The second-order valence-corrected chi connectivity index (χ2v) is 4.97. The summed E-state index contributed by atoms with van der Waals surface area (Å²) in [7, 11) is 0. The van der Waals surface area contributed by atoms with Crippen molar-refractivity contribution in [2.75, 3.05) is 13.2 Å². The molecule has 1 aromatic heterocycles. The number of pyridine rings is 1. The molecule has 0 radical (unpaired) electrons. The Balaban J connectivity index is 2.28. The summed E-state index contributed by atoms with van der Waals surface area (Å²) in [6.07, 6.45) is 8.00. The van der Waals surface area contributed by atoms with Crippen LogP contribution in [0.5, 0.6) is 0 Å². The number of carboxylic acids is 1. The number of likely N-dealkylation sites (tertiary alicyclic amines) is 1. The number of aliphatic hydroxyl groups is 1. The molecule has 1 aliphatic heterocycles. The summed E-state index contributed by atoms with van der Waals surface area (Å²) in [5, 5.41) is 18.1. The van der Waals surface area contributed by atoms with Crippen LogP contribution in [-0.4, -0.2) is 51.2 Å². The number of nitrogens with zero attached hydrogens (tertiary/aromatic N) is 2. The lowest BCUT2D eigenvalue weighted by atomic mass is 10.0. The molecule has 0 aromatic carbocycles. The average molecular weight is 290 g/mol. The van der Waals surface area contributed by atoms with E-state index in [4.69, 9.17) is 5.11 Å². The Morgan fingerprint density at radius 1 is 1.43 bits per heavy atom. The molecule has 112 valence electrons. The zero-order valence-electron chi connectivity index (χ0n) is 11.6. The summed E-state index contributed by atoms with van der Waals surface area (Å²) in [6, 6.07) is 1.41. The van der Waals surface area contributed by atoms with Gasteiger partial charge in [-0.25, -0.2) is 4.79 Å². The molecular formula is C15H18N2O4. The van der Waals surface area contributed by atoms with E-state index < -0.39 is 5.97 Å².